The van der Waals surface area contributed by atoms with Crippen molar-refractivity contribution < 1.29 is 22.1 Å². The van der Waals surface area contributed by atoms with Gasteiger partial charge < -0.3 is 9.42 Å². The Hall–Kier alpha value is -2.74. The van der Waals surface area contributed by atoms with Crippen LogP contribution in [0.3, 0.4) is 0 Å². The van der Waals surface area contributed by atoms with Gasteiger partial charge in [-0.1, -0.05) is 17.3 Å². The second kappa shape index (κ2) is 6.21. The van der Waals surface area contributed by atoms with Crippen LogP contribution in [-0.2, 0) is 21.1 Å². The highest BCUT2D eigenvalue weighted by atomic mass is 32.2. The van der Waals surface area contributed by atoms with Crippen LogP contribution in [0.25, 0.3) is 11.0 Å². The van der Waals surface area contributed by atoms with Crippen LogP contribution in [0.2, 0.25) is 0 Å². The zero-order chi connectivity index (χ0) is 18.3. The van der Waals surface area contributed by atoms with Gasteiger partial charge in [0, 0.05) is 18.5 Å². The maximum atomic E-state index is 13.0. The molecule has 4 rings (SSSR count). The van der Waals surface area contributed by atoms with Crippen molar-refractivity contribution in [3.8, 4) is 0 Å². The number of carbonyl (C=O) groups excluding carboxylic acids is 1. The van der Waals surface area contributed by atoms with Crippen LogP contribution in [0.1, 0.15) is 5.69 Å². The summed E-state index contributed by atoms with van der Waals surface area (Å²) in [7, 11) is -3.58. The van der Waals surface area contributed by atoms with Gasteiger partial charge in [0.2, 0.25) is 5.91 Å². The number of hydrogen-bond donors (Lipinski definition) is 0. The van der Waals surface area contributed by atoms with E-state index in [9.17, 15) is 17.6 Å². The highest BCUT2D eigenvalue weighted by molar-refractivity contribution is 7.92. The number of amides is 1. The molecule has 3 aromatic rings. The summed E-state index contributed by atoms with van der Waals surface area (Å²) >= 11 is 0. The normalized spacial score (nSPS) is 15.2. The topological polar surface area (TPSA) is 80.5 Å². The van der Waals surface area contributed by atoms with E-state index in [4.69, 9.17) is 4.52 Å². The second-order valence-corrected chi connectivity index (χ2v) is 8.45. The summed E-state index contributed by atoms with van der Waals surface area (Å²) in [5, 5.41) is 4.02. The summed E-state index contributed by atoms with van der Waals surface area (Å²) < 4.78 is 43.1. The molecule has 0 radical (unpaired) electrons. The van der Waals surface area contributed by atoms with Gasteiger partial charge in [-0.15, -0.1) is 0 Å². The molecule has 6 nitrogen and oxygen atoms in total. The molecule has 1 aliphatic heterocycles. The number of fused-ring (bicyclic) bond motifs is 1. The Kier molecular flexibility index (Phi) is 3.99. The summed E-state index contributed by atoms with van der Waals surface area (Å²) in [6, 6.07) is 12.0. The van der Waals surface area contributed by atoms with E-state index in [-0.39, 0.29) is 30.3 Å². The van der Waals surface area contributed by atoms with E-state index in [2.05, 4.69) is 5.16 Å². The lowest BCUT2D eigenvalue weighted by atomic mass is 10.1. The Balaban J connectivity index is 1.42. The maximum Gasteiger partial charge on any atom is 0.228 e. The summed E-state index contributed by atoms with van der Waals surface area (Å²) in [4.78, 5) is 13.9. The van der Waals surface area contributed by atoms with Crippen LogP contribution in [-0.4, -0.2) is 42.7 Å². The second-order valence-electron chi connectivity index (χ2n) is 6.22. The smallest absolute Gasteiger partial charge is 0.228 e. The van der Waals surface area contributed by atoms with Gasteiger partial charge >= 0.3 is 0 Å². The highest BCUT2D eigenvalue weighted by Gasteiger charge is 2.40. The zero-order valence-corrected chi connectivity index (χ0v) is 14.4. The minimum absolute atomic E-state index is 0.0559. The van der Waals surface area contributed by atoms with E-state index >= 15 is 0 Å². The maximum absolute atomic E-state index is 13.0. The van der Waals surface area contributed by atoms with Gasteiger partial charge in [-0.25, -0.2) is 12.8 Å². The Morgan fingerprint density at radius 1 is 1.15 bits per heavy atom. The standard InChI is InChI=1S/C18H15FN2O4S/c19-12-5-7-13(8-6-12)26(23,24)14-10-21(11-14)18(22)9-16-15-3-1-2-4-17(15)25-20-16/h1-8,14H,9-11H2. The van der Waals surface area contributed by atoms with Gasteiger partial charge in [0.05, 0.1) is 11.3 Å². The highest BCUT2D eigenvalue weighted by Crippen LogP contribution is 2.25. The van der Waals surface area contributed by atoms with Gasteiger partial charge in [0.1, 0.15) is 16.8 Å². The van der Waals surface area contributed by atoms with E-state index in [0.29, 0.717) is 11.3 Å². The molecule has 0 bridgehead atoms. The van der Waals surface area contributed by atoms with Crippen molar-refractivity contribution in [1.29, 1.82) is 0 Å². The molecule has 0 saturated carbocycles. The van der Waals surface area contributed by atoms with Gasteiger partial charge in [0.25, 0.3) is 0 Å². The third-order valence-corrected chi connectivity index (χ3v) is 6.66. The molecular formula is C18H15FN2O4S. The molecule has 1 aromatic heterocycles. The largest absolute Gasteiger partial charge is 0.356 e. The number of likely N-dealkylation sites (tertiary alicyclic amines) is 1. The van der Waals surface area contributed by atoms with Crippen molar-refractivity contribution in [2.45, 2.75) is 16.6 Å². The first-order valence-electron chi connectivity index (χ1n) is 8.05. The van der Waals surface area contributed by atoms with Crippen molar-refractivity contribution >= 4 is 26.7 Å². The molecule has 1 fully saturated rings. The van der Waals surface area contributed by atoms with Crippen LogP contribution < -0.4 is 0 Å². The molecule has 0 N–H and O–H groups in total. The van der Waals surface area contributed by atoms with E-state index < -0.39 is 20.9 Å². The molecule has 26 heavy (non-hydrogen) atoms. The summed E-state index contributed by atoms with van der Waals surface area (Å²) in [6.07, 6.45) is 0.0559. The van der Waals surface area contributed by atoms with Crippen LogP contribution in [0, 0.1) is 5.82 Å². The van der Waals surface area contributed by atoms with Crippen molar-refractivity contribution in [3.63, 3.8) is 0 Å². The van der Waals surface area contributed by atoms with Crippen molar-refractivity contribution in [1.82, 2.24) is 10.1 Å². The fraction of sp³-hybridized carbons (Fsp3) is 0.222. The van der Waals surface area contributed by atoms with E-state index in [1.165, 1.54) is 17.0 Å². The Bertz CT molecular complexity index is 1070. The van der Waals surface area contributed by atoms with Crippen molar-refractivity contribution in [2.24, 2.45) is 0 Å². The van der Waals surface area contributed by atoms with Gasteiger partial charge in [-0.2, -0.15) is 0 Å². The van der Waals surface area contributed by atoms with Crippen LogP contribution >= 0.6 is 0 Å². The van der Waals surface area contributed by atoms with Gasteiger partial charge in [-0.05, 0) is 36.4 Å². The third-order valence-electron chi connectivity index (χ3n) is 4.55. The number of benzene rings is 2. The molecule has 1 aliphatic rings. The SMILES string of the molecule is O=C(Cc1noc2ccccc12)N1CC(S(=O)(=O)c2ccc(F)cc2)C1. The van der Waals surface area contributed by atoms with Crippen LogP contribution in [0.4, 0.5) is 4.39 Å². The lowest BCUT2D eigenvalue weighted by molar-refractivity contribution is -0.133. The Labute approximate surface area is 149 Å². The number of nitrogens with zero attached hydrogens (tertiary/aromatic N) is 2. The fourth-order valence-corrected chi connectivity index (χ4v) is 4.63. The molecule has 0 unspecified atom stereocenters. The predicted octanol–water partition coefficient (Wildman–Crippen LogP) is 2.19. The molecule has 0 aliphatic carbocycles. The number of rotatable bonds is 4. The summed E-state index contributed by atoms with van der Waals surface area (Å²) in [6.45, 7) is 0.239. The average molecular weight is 374 g/mol. The van der Waals surface area contributed by atoms with Gasteiger partial charge in [0.15, 0.2) is 15.4 Å². The number of aromatic nitrogens is 1. The Morgan fingerprint density at radius 3 is 2.58 bits per heavy atom. The van der Waals surface area contributed by atoms with Crippen LogP contribution in [0.15, 0.2) is 57.9 Å². The molecule has 0 spiro atoms. The van der Waals surface area contributed by atoms with E-state index in [1.54, 1.807) is 6.07 Å². The minimum Gasteiger partial charge on any atom is -0.356 e. The summed E-state index contributed by atoms with van der Waals surface area (Å²) in [5.74, 6) is -0.691. The monoisotopic (exact) mass is 374 g/mol. The van der Waals surface area contributed by atoms with Crippen molar-refractivity contribution in [2.75, 3.05) is 13.1 Å². The number of hydrogen-bond acceptors (Lipinski definition) is 5. The zero-order valence-electron chi connectivity index (χ0n) is 13.6. The molecule has 1 saturated heterocycles. The first kappa shape index (κ1) is 16.7. The van der Waals surface area contributed by atoms with Gasteiger partial charge in [-0.3, -0.25) is 4.79 Å². The molecule has 2 heterocycles. The number of halogens is 1. The number of para-hydroxylation sites is 1. The number of carbonyl (C=O) groups is 1. The molecule has 0 atom stereocenters. The first-order chi connectivity index (χ1) is 12.4. The molecular weight excluding hydrogens is 359 g/mol. The number of sulfone groups is 1. The van der Waals surface area contributed by atoms with Crippen molar-refractivity contribution in [3.05, 3.63) is 60.0 Å². The average Bonchev–Trinajstić information content (AvgIpc) is 2.97. The molecule has 1 amide bonds. The predicted molar refractivity (Wildman–Crippen MR) is 91.7 cm³/mol. The quantitative estimate of drug-likeness (QED) is 0.654. The lowest BCUT2D eigenvalue weighted by Gasteiger charge is -2.38. The first-order valence-corrected chi connectivity index (χ1v) is 9.60. The van der Waals surface area contributed by atoms with E-state index in [1.807, 2.05) is 18.2 Å². The lowest BCUT2D eigenvalue weighted by Crippen LogP contribution is -2.57. The van der Waals surface area contributed by atoms with E-state index in [0.717, 1.165) is 17.5 Å². The van der Waals surface area contributed by atoms with Crippen LogP contribution in [0.5, 0.6) is 0 Å². The molecule has 2 aromatic carbocycles. The Morgan fingerprint density at radius 2 is 1.85 bits per heavy atom. The third kappa shape index (κ3) is 2.86. The molecule has 134 valence electrons. The summed E-state index contributed by atoms with van der Waals surface area (Å²) in [5.41, 5.74) is 1.14. The minimum atomic E-state index is -3.58. The fourth-order valence-electron chi connectivity index (χ4n) is 2.98. The molecule has 8 heteroatoms.